The van der Waals surface area contributed by atoms with Crippen molar-refractivity contribution in [2.24, 2.45) is 0 Å². The largest absolute Gasteiger partial charge is 0.349 e. The maximum absolute atomic E-state index is 12.3. The predicted molar refractivity (Wildman–Crippen MR) is 84.0 cm³/mol. The number of aryl methyl sites for hydroxylation is 1. The monoisotopic (exact) mass is 329 g/mol. The highest BCUT2D eigenvalue weighted by atomic mass is 79.9. The lowest BCUT2D eigenvalue weighted by Crippen LogP contribution is -2.35. The molecule has 0 spiro atoms. The molecule has 102 valence electrons. The second kappa shape index (κ2) is 5.41. The van der Waals surface area contributed by atoms with Gasteiger partial charge < -0.3 is 5.32 Å². The molecule has 3 heteroatoms. The Morgan fingerprint density at radius 1 is 1.15 bits per heavy atom. The van der Waals surface area contributed by atoms with E-state index in [4.69, 9.17) is 0 Å². The van der Waals surface area contributed by atoms with E-state index < -0.39 is 0 Å². The van der Waals surface area contributed by atoms with Crippen LogP contribution in [0.5, 0.6) is 0 Å². The summed E-state index contributed by atoms with van der Waals surface area (Å²) >= 11 is 3.45. The highest BCUT2D eigenvalue weighted by Crippen LogP contribution is 2.22. The average molecular weight is 330 g/mol. The van der Waals surface area contributed by atoms with Gasteiger partial charge in [-0.3, -0.25) is 4.79 Å². The first-order valence-corrected chi connectivity index (χ1v) is 7.56. The van der Waals surface area contributed by atoms with Crippen LogP contribution in [0, 0.1) is 6.92 Å². The second-order valence-electron chi connectivity index (χ2n) is 5.31. The maximum Gasteiger partial charge on any atom is 0.251 e. The third-order valence-electron chi connectivity index (χ3n) is 3.81. The number of carbonyl (C=O) groups excluding carboxylic acids is 1. The molecule has 0 atom stereocenters. The van der Waals surface area contributed by atoms with Gasteiger partial charge in [0.15, 0.2) is 0 Å². The normalized spacial score (nSPS) is 14.1. The van der Waals surface area contributed by atoms with Gasteiger partial charge >= 0.3 is 0 Å². The van der Waals surface area contributed by atoms with Crippen LogP contribution in [0.2, 0.25) is 0 Å². The zero-order valence-electron chi connectivity index (χ0n) is 11.3. The molecule has 2 nitrogen and oxygen atoms in total. The molecule has 2 aromatic carbocycles. The number of fused-ring (bicyclic) bond motifs is 1. The predicted octanol–water partition coefficient (Wildman–Crippen LogP) is 3.65. The van der Waals surface area contributed by atoms with E-state index in [9.17, 15) is 4.79 Å². The van der Waals surface area contributed by atoms with E-state index in [-0.39, 0.29) is 11.9 Å². The van der Waals surface area contributed by atoms with Crippen molar-refractivity contribution in [2.75, 3.05) is 0 Å². The number of hydrogen-bond donors (Lipinski definition) is 1. The fourth-order valence-corrected chi connectivity index (χ4v) is 2.96. The van der Waals surface area contributed by atoms with Crippen molar-refractivity contribution in [1.82, 2.24) is 5.32 Å². The number of rotatable bonds is 2. The minimum Gasteiger partial charge on any atom is -0.349 e. The third-order valence-corrected chi connectivity index (χ3v) is 4.70. The van der Waals surface area contributed by atoms with Gasteiger partial charge in [0, 0.05) is 16.1 Å². The number of carbonyl (C=O) groups is 1. The Morgan fingerprint density at radius 2 is 1.80 bits per heavy atom. The highest BCUT2D eigenvalue weighted by Gasteiger charge is 2.22. The Hall–Kier alpha value is -1.61. The standard InChI is InChI=1S/C17H16BrNO/c1-11-8-14(6-7-16(11)18)17(20)19-15-9-12-4-2-3-5-13(12)10-15/h2-8,15H,9-10H2,1H3,(H,19,20). The zero-order chi connectivity index (χ0) is 14.1. The van der Waals surface area contributed by atoms with E-state index in [0.717, 1.165) is 28.4 Å². The molecule has 0 heterocycles. The van der Waals surface area contributed by atoms with Crippen LogP contribution >= 0.6 is 15.9 Å². The van der Waals surface area contributed by atoms with E-state index in [0.29, 0.717) is 0 Å². The first-order chi connectivity index (χ1) is 9.63. The van der Waals surface area contributed by atoms with Gasteiger partial charge in [-0.1, -0.05) is 40.2 Å². The van der Waals surface area contributed by atoms with Gasteiger partial charge in [-0.2, -0.15) is 0 Å². The molecule has 0 aliphatic heterocycles. The van der Waals surface area contributed by atoms with Crippen molar-refractivity contribution >= 4 is 21.8 Å². The molecular weight excluding hydrogens is 314 g/mol. The number of nitrogens with one attached hydrogen (secondary N) is 1. The molecule has 1 aliphatic carbocycles. The molecule has 3 rings (SSSR count). The van der Waals surface area contributed by atoms with Crippen molar-refractivity contribution in [2.45, 2.75) is 25.8 Å². The van der Waals surface area contributed by atoms with Crippen molar-refractivity contribution in [3.63, 3.8) is 0 Å². The van der Waals surface area contributed by atoms with Crippen molar-refractivity contribution < 1.29 is 4.79 Å². The topological polar surface area (TPSA) is 29.1 Å². The first kappa shape index (κ1) is 13.4. The Labute approximate surface area is 127 Å². The van der Waals surface area contributed by atoms with E-state index in [1.165, 1.54) is 11.1 Å². The number of benzene rings is 2. The van der Waals surface area contributed by atoms with Gasteiger partial charge in [-0.25, -0.2) is 0 Å². The molecule has 0 fully saturated rings. The van der Waals surface area contributed by atoms with Gasteiger partial charge in [-0.15, -0.1) is 0 Å². The van der Waals surface area contributed by atoms with E-state index >= 15 is 0 Å². The molecule has 0 aromatic heterocycles. The van der Waals surface area contributed by atoms with Gasteiger partial charge in [0.05, 0.1) is 0 Å². The molecule has 0 bridgehead atoms. The lowest BCUT2D eigenvalue weighted by molar-refractivity contribution is 0.0938. The minimum atomic E-state index is 0.0124. The van der Waals surface area contributed by atoms with Crippen molar-refractivity contribution in [1.29, 1.82) is 0 Å². The number of hydrogen-bond acceptors (Lipinski definition) is 1. The lowest BCUT2D eigenvalue weighted by atomic mass is 10.1. The summed E-state index contributed by atoms with van der Waals surface area (Å²) in [6.07, 6.45) is 1.86. The van der Waals surface area contributed by atoms with Crippen LogP contribution in [0.4, 0.5) is 0 Å². The summed E-state index contributed by atoms with van der Waals surface area (Å²) in [6.45, 7) is 1.99. The third kappa shape index (κ3) is 2.63. The minimum absolute atomic E-state index is 0.0124. The van der Waals surface area contributed by atoms with Crippen molar-refractivity contribution in [3.05, 3.63) is 69.2 Å². The first-order valence-electron chi connectivity index (χ1n) is 6.77. The number of amides is 1. The molecule has 2 aromatic rings. The van der Waals surface area contributed by atoms with Crippen LogP contribution < -0.4 is 5.32 Å². The summed E-state index contributed by atoms with van der Waals surface area (Å²) in [5.41, 5.74) is 4.50. The fourth-order valence-electron chi connectivity index (χ4n) is 2.72. The van der Waals surface area contributed by atoms with Gasteiger partial charge in [0.2, 0.25) is 0 Å². The summed E-state index contributed by atoms with van der Waals surface area (Å²) in [6, 6.07) is 14.3. The lowest BCUT2D eigenvalue weighted by Gasteiger charge is -2.12. The van der Waals surface area contributed by atoms with Gasteiger partial charge in [-0.05, 0) is 54.7 Å². The summed E-state index contributed by atoms with van der Waals surface area (Å²) in [7, 11) is 0. The molecule has 0 saturated carbocycles. The van der Waals surface area contributed by atoms with Gasteiger partial charge in [0.25, 0.3) is 5.91 Å². The summed E-state index contributed by atoms with van der Waals surface area (Å²) in [4.78, 5) is 12.3. The highest BCUT2D eigenvalue weighted by molar-refractivity contribution is 9.10. The van der Waals surface area contributed by atoms with Crippen molar-refractivity contribution in [3.8, 4) is 0 Å². The second-order valence-corrected chi connectivity index (χ2v) is 6.17. The van der Waals surface area contributed by atoms with Crippen LogP contribution in [-0.2, 0) is 12.8 Å². The fraction of sp³-hybridized carbons (Fsp3) is 0.235. The van der Waals surface area contributed by atoms with Crippen LogP contribution in [0.3, 0.4) is 0 Å². The summed E-state index contributed by atoms with van der Waals surface area (Å²) in [5, 5.41) is 3.13. The Morgan fingerprint density at radius 3 is 2.40 bits per heavy atom. The van der Waals surface area contributed by atoms with Gasteiger partial charge in [0.1, 0.15) is 0 Å². The summed E-state index contributed by atoms with van der Waals surface area (Å²) < 4.78 is 1.03. The molecule has 0 saturated heterocycles. The summed E-state index contributed by atoms with van der Waals surface area (Å²) in [5.74, 6) is 0.0124. The van der Waals surface area contributed by atoms with Crippen LogP contribution in [0.15, 0.2) is 46.9 Å². The van der Waals surface area contributed by atoms with E-state index in [2.05, 4.69) is 45.5 Å². The molecule has 0 radical (unpaired) electrons. The molecular formula is C17H16BrNO. The Bertz CT molecular complexity index is 641. The smallest absolute Gasteiger partial charge is 0.251 e. The quantitative estimate of drug-likeness (QED) is 0.895. The average Bonchev–Trinajstić information content (AvgIpc) is 2.83. The molecule has 0 unspecified atom stereocenters. The van der Waals surface area contributed by atoms with E-state index in [1.807, 2.05) is 25.1 Å². The Kier molecular flexibility index (Phi) is 3.62. The van der Waals surface area contributed by atoms with E-state index in [1.54, 1.807) is 0 Å². The Balaban J connectivity index is 1.70. The van der Waals surface area contributed by atoms with Crippen LogP contribution in [0.1, 0.15) is 27.0 Å². The molecule has 1 aliphatic rings. The molecule has 1 amide bonds. The van der Waals surface area contributed by atoms with Crippen LogP contribution in [-0.4, -0.2) is 11.9 Å². The maximum atomic E-state index is 12.3. The molecule has 1 N–H and O–H groups in total. The zero-order valence-corrected chi connectivity index (χ0v) is 12.9. The number of halogens is 1. The molecule has 20 heavy (non-hydrogen) atoms. The SMILES string of the molecule is Cc1cc(C(=O)NC2Cc3ccccc3C2)ccc1Br. The van der Waals surface area contributed by atoms with Crippen LogP contribution in [0.25, 0.3) is 0 Å².